The van der Waals surface area contributed by atoms with Crippen molar-refractivity contribution >= 4 is 11.6 Å². The lowest BCUT2D eigenvalue weighted by molar-refractivity contribution is 0.0681. The number of rotatable bonds is 4. The smallest absolute Gasteiger partial charge is 0.273 e. The molecule has 1 amide bonds. The fourth-order valence-corrected chi connectivity index (χ4v) is 2.41. The van der Waals surface area contributed by atoms with E-state index in [-0.39, 0.29) is 11.9 Å². The molecule has 22 heavy (non-hydrogen) atoms. The molecule has 5 heteroatoms. The summed E-state index contributed by atoms with van der Waals surface area (Å²) in [4.78, 5) is 19.0. The Morgan fingerprint density at radius 3 is 2.64 bits per heavy atom. The SMILES string of the molecule is CC(C)N(Cc1ccccc1)C(=O)c1ccnc2ccnn12. The molecule has 0 spiro atoms. The number of aromatic nitrogens is 3. The van der Waals surface area contributed by atoms with Crippen LogP contribution in [0.4, 0.5) is 0 Å². The fraction of sp³-hybridized carbons (Fsp3) is 0.235. The van der Waals surface area contributed by atoms with Gasteiger partial charge >= 0.3 is 0 Å². The topological polar surface area (TPSA) is 50.5 Å². The Kier molecular flexibility index (Phi) is 3.87. The zero-order valence-electron chi connectivity index (χ0n) is 12.7. The van der Waals surface area contributed by atoms with Crippen molar-refractivity contribution < 1.29 is 4.79 Å². The van der Waals surface area contributed by atoms with Crippen LogP contribution in [0.25, 0.3) is 5.65 Å². The average molecular weight is 294 g/mol. The summed E-state index contributed by atoms with van der Waals surface area (Å²) in [7, 11) is 0. The zero-order chi connectivity index (χ0) is 15.5. The van der Waals surface area contributed by atoms with Gasteiger partial charge in [0, 0.05) is 24.8 Å². The number of hydrogen-bond donors (Lipinski definition) is 0. The Labute approximate surface area is 129 Å². The van der Waals surface area contributed by atoms with Gasteiger partial charge in [0.15, 0.2) is 5.65 Å². The van der Waals surface area contributed by atoms with Crippen molar-refractivity contribution in [3.05, 3.63) is 66.1 Å². The van der Waals surface area contributed by atoms with Crippen molar-refractivity contribution in [2.24, 2.45) is 0 Å². The number of benzene rings is 1. The third-order valence-electron chi connectivity index (χ3n) is 3.59. The fourth-order valence-electron chi connectivity index (χ4n) is 2.41. The number of nitrogens with zero attached hydrogens (tertiary/aromatic N) is 4. The van der Waals surface area contributed by atoms with Gasteiger partial charge in [0.2, 0.25) is 0 Å². The summed E-state index contributed by atoms with van der Waals surface area (Å²) in [6, 6.07) is 13.6. The highest BCUT2D eigenvalue weighted by Crippen LogP contribution is 2.14. The molecule has 5 nitrogen and oxygen atoms in total. The highest BCUT2D eigenvalue weighted by atomic mass is 16.2. The maximum absolute atomic E-state index is 12.9. The second kappa shape index (κ2) is 5.97. The number of fused-ring (bicyclic) bond motifs is 1. The van der Waals surface area contributed by atoms with E-state index in [2.05, 4.69) is 10.1 Å². The molecule has 0 aliphatic heterocycles. The summed E-state index contributed by atoms with van der Waals surface area (Å²) in [5.41, 5.74) is 2.31. The predicted octanol–water partition coefficient (Wildman–Crippen LogP) is 2.78. The predicted molar refractivity (Wildman–Crippen MR) is 84.4 cm³/mol. The summed E-state index contributed by atoms with van der Waals surface area (Å²) >= 11 is 0. The van der Waals surface area contributed by atoms with Crippen molar-refractivity contribution in [1.29, 1.82) is 0 Å². The largest absolute Gasteiger partial charge is 0.331 e. The van der Waals surface area contributed by atoms with Crippen LogP contribution >= 0.6 is 0 Å². The van der Waals surface area contributed by atoms with Crippen molar-refractivity contribution in [2.75, 3.05) is 0 Å². The Bertz CT molecular complexity index is 779. The quantitative estimate of drug-likeness (QED) is 0.743. The first-order valence-electron chi connectivity index (χ1n) is 7.30. The highest BCUT2D eigenvalue weighted by molar-refractivity contribution is 5.93. The zero-order valence-corrected chi connectivity index (χ0v) is 12.7. The molecule has 3 rings (SSSR count). The van der Waals surface area contributed by atoms with Crippen LogP contribution in [0.5, 0.6) is 0 Å². The molecule has 0 atom stereocenters. The normalized spacial score (nSPS) is 11.0. The molecule has 112 valence electrons. The molecule has 0 unspecified atom stereocenters. The first kappa shape index (κ1) is 14.3. The minimum atomic E-state index is -0.0463. The molecule has 0 N–H and O–H groups in total. The van der Waals surface area contributed by atoms with Crippen molar-refractivity contribution in [3.8, 4) is 0 Å². The monoisotopic (exact) mass is 294 g/mol. The summed E-state index contributed by atoms with van der Waals surface area (Å²) in [6.07, 6.45) is 3.29. The van der Waals surface area contributed by atoms with Crippen LogP contribution < -0.4 is 0 Å². The lowest BCUT2D eigenvalue weighted by atomic mass is 10.1. The van der Waals surface area contributed by atoms with E-state index < -0.39 is 0 Å². The van der Waals surface area contributed by atoms with Gasteiger partial charge in [-0.3, -0.25) is 4.79 Å². The number of amides is 1. The van der Waals surface area contributed by atoms with E-state index >= 15 is 0 Å². The maximum Gasteiger partial charge on any atom is 0.273 e. The Morgan fingerprint density at radius 2 is 1.91 bits per heavy atom. The standard InChI is InChI=1S/C17H18N4O/c1-13(2)20(12-14-6-4-3-5-7-14)17(22)15-8-10-18-16-9-11-19-21(15)16/h3-11,13H,12H2,1-2H3. The minimum absolute atomic E-state index is 0.0463. The molecule has 0 aliphatic rings. The molecule has 0 aliphatic carbocycles. The lowest BCUT2D eigenvalue weighted by Gasteiger charge is -2.27. The van der Waals surface area contributed by atoms with E-state index in [1.165, 1.54) is 0 Å². The highest BCUT2D eigenvalue weighted by Gasteiger charge is 2.21. The molecule has 0 saturated heterocycles. The van der Waals surface area contributed by atoms with Crippen molar-refractivity contribution in [2.45, 2.75) is 26.4 Å². The lowest BCUT2D eigenvalue weighted by Crippen LogP contribution is -2.37. The van der Waals surface area contributed by atoms with E-state index in [9.17, 15) is 4.79 Å². The molecule has 3 aromatic rings. The van der Waals surface area contributed by atoms with Gasteiger partial charge in [-0.05, 0) is 25.5 Å². The van der Waals surface area contributed by atoms with Gasteiger partial charge in [0.05, 0.1) is 6.20 Å². The first-order chi connectivity index (χ1) is 10.7. The minimum Gasteiger partial charge on any atom is -0.331 e. The van der Waals surface area contributed by atoms with Crippen LogP contribution in [0.1, 0.15) is 29.9 Å². The van der Waals surface area contributed by atoms with E-state index in [1.807, 2.05) is 49.1 Å². The second-order valence-corrected chi connectivity index (χ2v) is 5.44. The molecule has 0 fully saturated rings. The van der Waals surface area contributed by atoms with Crippen LogP contribution in [0.15, 0.2) is 54.9 Å². The van der Waals surface area contributed by atoms with Gasteiger partial charge < -0.3 is 4.90 Å². The molecule has 2 aromatic heterocycles. The van der Waals surface area contributed by atoms with Gasteiger partial charge in [-0.1, -0.05) is 30.3 Å². The number of carbonyl (C=O) groups excluding carboxylic acids is 1. The number of hydrogen-bond acceptors (Lipinski definition) is 3. The van der Waals surface area contributed by atoms with Crippen molar-refractivity contribution in [1.82, 2.24) is 19.5 Å². The Morgan fingerprint density at radius 1 is 1.14 bits per heavy atom. The summed E-state index contributed by atoms with van der Waals surface area (Å²) in [5.74, 6) is -0.0463. The molecular weight excluding hydrogens is 276 g/mol. The van der Waals surface area contributed by atoms with Gasteiger partial charge in [-0.2, -0.15) is 5.10 Å². The van der Waals surface area contributed by atoms with E-state index in [4.69, 9.17) is 0 Å². The van der Waals surface area contributed by atoms with E-state index in [0.29, 0.717) is 17.9 Å². The maximum atomic E-state index is 12.9. The second-order valence-electron chi connectivity index (χ2n) is 5.44. The van der Waals surface area contributed by atoms with Gasteiger partial charge in [-0.15, -0.1) is 0 Å². The number of carbonyl (C=O) groups is 1. The van der Waals surface area contributed by atoms with Crippen LogP contribution in [0, 0.1) is 0 Å². The van der Waals surface area contributed by atoms with Gasteiger partial charge in [0.1, 0.15) is 5.69 Å². The molecule has 0 radical (unpaired) electrons. The molecule has 0 saturated carbocycles. The molecular formula is C17H18N4O. The van der Waals surface area contributed by atoms with Crippen LogP contribution in [0.3, 0.4) is 0 Å². The Hall–Kier alpha value is -2.69. The van der Waals surface area contributed by atoms with E-state index in [1.54, 1.807) is 29.0 Å². The summed E-state index contributed by atoms with van der Waals surface area (Å²) in [5, 5.41) is 4.20. The summed E-state index contributed by atoms with van der Waals surface area (Å²) < 4.78 is 1.59. The molecule has 0 bridgehead atoms. The summed E-state index contributed by atoms with van der Waals surface area (Å²) in [6.45, 7) is 4.60. The van der Waals surface area contributed by atoms with Gasteiger partial charge in [-0.25, -0.2) is 9.50 Å². The van der Waals surface area contributed by atoms with Gasteiger partial charge in [0.25, 0.3) is 5.91 Å². The average Bonchev–Trinajstić information content (AvgIpc) is 3.01. The first-order valence-corrected chi connectivity index (χ1v) is 7.30. The van der Waals surface area contributed by atoms with Crippen LogP contribution in [-0.4, -0.2) is 31.4 Å². The Balaban J connectivity index is 1.95. The third kappa shape index (κ3) is 2.70. The molecule has 2 heterocycles. The van der Waals surface area contributed by atoms with Crippen molar-refractivity contribution in [3.63, 3.8) is 0 Å². The van der Waals surface area contributed by atoms with E-state index in [0.717, 1.165) is 5.56 Å². The van der Waals surface area contributed by atoms with Crippen LogP contribution in [-0.2, 0) is 6.54 Å². The molecule has 1 aromatic carbocycles. The van der Waals surface area contributed by atoms with Crippen LogP contribution in [0.2, 0.25) is 0 Å². The third-order valence-corrected chi connectivity index (χ3v) is 3.59.